The highest BCUT2D eigenvalue weighted by Crippen LogP contribution is 2.22. The van der Waals surface area contributed by atoms with Gasteiger partial charge in [0.05, 0.1) is 12.8 Å². The fraction of sp³-hybridized carbons (Fsp3) is 0.353. The molecule has 0 unspecified atom stereocenters. The van der Waals surface area contributed by atoms with Gasteiger partial charge in [-0.3, -0.25) is 14.7 Å². The third-order valence-electron chi connectivity index (χ3n) is 4.03. The zero-order valence-corrected chi connectivity index (χ0v) is 13.5. The predicted octanol–water partition coefficient (Wildman–Crippen LogP) is 1.44. The topological polar surface area (TPSA) is 87.3 Å². The molecule has 1 saturated heterocycles. The number of carbonyl (C=O) groups is 2. The molecule has 1 aromatic carbocycles. The molecule has 1 aliphatic rings. The van der Waals surface area contributed by atoms with Crippen LogP contribution in [0.25, 0.3) is 11.3 Å². The molecule has 2 aromatic rings. The SMILES string of the molecule is COc1cccc(-c2cc(C(=O)NCCN3CCCC3=O)[nH]n2)c1. The molecule has 2 heterocycles. The van der Waals surface area contributed by atoms with Crippen molar-refractivity contribution in [1.82, 2.24) is 20.4 Å². The normalized spacial score (nSPS) is 14.0. The lowest BCUT2D eigenvalue weighted by Gasteiger charge is -2.15. The Kier molecular flexibility index (Phi) is 4.79. The molecule has 24 heavy (non-hydrogen) atoms. The largest absolute Gasteiger partial charge is 0.497 e. The van der Waals surface area contributed by atoms with E-state index in [1.165, 1.54) is 0 Å². The van der Waals surface area contributed by atoms with Gasteiger partial charge in [0.15, 0.2) is 0 Å². The lowest BCUT2D eigenvalue weighted by atomic mass is 10.1. The van der Waals surface area contributed by atoms with Crippen molar-refractivity contribution in [3.05, 3.63) is 36.0 Å². The third kappa shape index (κ3) is 3.56. The van der Waals surface area contributed by atoms with E-state index in [4.69, 9.17) is 4.74 Å². The summed E-state index contributed by atoms with van der Waals surface area (Å²) in [6.45, 7) is 1.75. The fourth-order valence-electron chi connectivity index (χ4n) is 2.71. The Morgan fingerprint density at radius 1 is 1.42 bits per heavy atom. The van der Waals surface area contributed by atoms with Crippen LogP contribution in [0.4, 0.5) is 0 Å². The highest BCUT2D eigenvalue weighted by molar-refractivity contribution is 5.93. The van der Waals surface area contributed by atoms with Crippen LogP contribution in [0.2, 0.25) is 0 Å². The van der Waals surface area contributed by atoms with Crippen LogP contribution in [0.5, 0.6) is 5.75 Å². The van der Waals surface area contributed by atoms with E-state index in [0.717, 1.165) is 24.3 Å². The summed E-state index contributed by atoms with van der Waals surface area (Å²) in [7, 11) is 1.60. The summed E-state index contributed by atoms with van der Waals surface area (Å²) < 4.78 is 5.19. The molecule has 0 radical (unpaired) electrons. The van der Waals surface area contributed by atoms with E-state index < -0.39 is 0 Å². The number of nitrogens with one attached hydrogen (secondary N) is 2. The Morgan fingerprint density at radius 3 is 3.04 bits per heavy atom. The molecule has 2 N–H and O–H groups in total. The second-order valence-electron chi connectivity index (χ2n) is 5.64. The Morgan fingerprint density at radius 2 is 2.29 bits per heavy atom. The molecule has 1 aromatic heterocycles. The smallest absolute Gasteiger partial charge is 0.269 e. The second kappa shape index (κ2) is 7.16. The fourth-order valence-corrected chi connectivity index (χ4v) is 2.71. The van der Waals surface area contributed by atoms with Crippen LogP contribution in [0.15, 0.2) is 30.3 Å². The molecule has 2 amide bonds. The molecule has 0 bridgehead atoms. The predicted molar refractivity (Wildman–Crippen MR) is 88.7 cm³/mol. The maximum atomic E-state index is 12.2. The number of H-pyrrole nitrogens is 1. The second-order valence-corrected chi connectivity index (χ2v) is 5.64. The first-order chi connectivity index (χ1) is 11.7. The lowest BCUT2D eigenvalue weighted by Crippen LogP contribution is -2.35. The van der Waals surface area contributed by atoms with E-state index in [1.54, 1.807) is 18.1 Å². The Labute approximate surface area is 140 Å². The molecule has 7 nitrogen and oxygen atoms in total. The molecule has 1 aliphatic heterocycles. The van der Waals surface area contributed by atoms with Crippen molar-refractivity contribution in [3.8, 4) is 17.0 Å². The zero-order valence-electron chi connectivity index (χ0n) is 13.5. The number of rotatable bonds is 6. The van der Waals surface area contributed by atoms with E-state index in [2.05, 4.69) is 15.5 Å². The monoisotopic (exact) mass is 328 g/mol. The van der Waals surface area contributed by atoms with Crippen molar-refractivity contribution in [2.45, 2.75) is 12.8 Å². The van der Waals surface area contributed by atoms with Crippen LogP contribution in [0, 0.1) is 0 Å². The number of benzene rings is 1. The molecule has 7 heteroatoms. The quantitative estimate of drug-likeness (QED) is 0.840. The Balaban J connectivity index is 1.58. The minimum atomic E-state index is -0.233. The van der Waals surface area contributed by atoms with Crippen LogP contribution < -0.4 is 10.1 Å². The third-order valence-corrected chi connectivity index (χ3v) is 4.03. The van der Waals surface area contributed by atoms with Crippen molar-refractivity contribution in [2.75, 3.05) is 26.7 Å². The van der Waals surface area contributed by atoms with Crippen LogP contribution in [-0.4, -0.2) is 53.7 Å². The van der Waals surface area contributed by atoms with Crippen molar-refractivity contribution in [1.29, 1.82) is 0 Å². The van der Waals surface area contributed by atoms with Crippen LogP contribution in [0.3, 0.4) is 0 Å². The van der Waals surface area contributed by atoms with Gasteiger partial charge in [-0.1, -0.05) is 12.1 Å². The molecular formula is C17H20N4O3. The number of nitrogens with zero attached hydrogens (tertiary/aromatic N) is 2. The number of likely N-dealkylation sites (tertiary alicyclic amines) is 1. The van der Waals surface area contributed by atoms with Crippen LogP contribution in [0.1, 0.15) is 23.3 Å². The average Bonchev–Trinajstić information content (AvgIpc) is 3.24. The summed E-state index contributed by atoms with van der Waals surface area (Å²) in [6, 6.07) is 9.18. The number of ether oxygens (including phenoxy) is 1. The highest BCUT2D eigenvalue weighted by Gasteiger charge is 2.19. The summed E-state index contributed by atoms with van der Waals surface area (Å²) in [5.41, 5.74) is 1.93. The first-order valence-electron chi connectivity index (χ1n) is 7.93. The lowest BCUT2D eigenvalue weighted by molar-refractivity contribution is -0.127. The maximum absolute atomic E-state index is 12.2. The minimum Gasteiger partial charge on any atom is -0.497 e. The van der Waals surface area contributed by atoms with Gasteiger partial charge in [0, 0.05) is 31.6 Å². The summed E-state index contributed by atoms with van der Waals surface area (Å²) in [5.74, 6) is 0.658. The van der Waals surface area contributed by atoms with Crippen molar-refractivity contribution in [3.63, 3.8) is 0 Å². The first kappa shape index (κ1) is 16.0. The number of amides is 2. The average molecular weight is 328 g/mol. The number of hydrogen-bond acceptors (Lipinski definition) is 4. The van der Waals surface area contributed by atoms with Crippen molar-refractivity contribution >= 4 is 11.8 Å². The van der Waals surface area contributed by atoms with Gasteiger partial charge < -0.3 is 15.0 Å². The number of methoxy groups -OCH3 is 1. The van der Waals surface area contributed by atoms with Crippen molar-refractivity contribution in [2.24, 2.45) is 0 Å². The molecule has 0 atom stereocenters. The standard InChI is InChI=1S/C17H20N4O3/c1-24-13-5-2-4-12(10-13)14-11-15(20-19-14)17(23)18-7-9-21-8-3-6-16(21)22/h2,4-5,10-11H,3,6-9H2,1H3,(H,18,23)(H,19,20). The van der Waals surface area contributed by atoms with Gasteiger partial charge >= 0.3 is 0 Å². The van der Waals surface area contributed by atoms with Gasteiger partial charge in [-0.25, -0.2) is 0 Å². The van der Waals surface area contributed by atoms with E-state index in [9.17, 15) is 9.59 Å². The molecular weight excluding hydrogens is 308 g/mol. The van der Waals surface area contributed by atoms with E-state index >= 15 is 0 Å². The number of aromatic nitrogens is 2. The van der Waals surface area contributed by atoms with E-state index in [1.807, 2.05) is 24.3 Å². The van der Waals surface area contributed by atoms with Gasteiger partial charge in [-0.15, -0.1) is 0 Å². The molecule has 126 valence electrons. The molecule has 0 saturated carbocycles. The number of hydrogen-bond donors (Lipinski definition) is 2. The van der Waals surface area contributed by atoms with E-state index in [0.29, 0.717) is 30.9 Å². The van der Waals surface area contributed by atoms with Crippen LogP contribution in [-0.2, 0) is 4.79 Å². The number of carbonyl (C=O) groups excluding carboxylic acids is 2. The van der Waals surface area contributed by atoms with E-state index in [-0.39, 0.29) is 11.8 Å². The first-order valence-corrected chi connectivity index (χ1v) is 7.93. The minimum absolute atomic E-state index is 0.158. The summed E-state index contributed by atoms with van der Waals surface area (Å²) in [6.07, 6.45) is 1.51. The molecule has 1 fully saturated rings. The van der Waals surface area contributed by atoms with Gasteiger partial charge in [-0.05, 0) is 24.6 Å². The van der Waals surface area contributed by atoms with Gasteiger partial charge in [-0.2, -0.15) is 5.10 Å². The van der Waals surface area contributed by atoms with Gasteiger partial charge in [0.2, 0.25) is 5.91 Å². The summed E-state index contributed by atoms with van der Waals surface area (Å²) >= 11 is 0. The maximum Gasteiger partial charge on any atom is 0.269 e. The number of aromatic amines is 1. The molecule has 0 spiro atoms. The van der Waals surface area contributed by atoms with Crippen molar-refractivity contribution < 1.29 is 14.3 Å². The molecule has 3 rings (SSSR count). The highest BCUT2D eigenvalue weighted by atomic mass is 16.5. The van der Waals surface area contributed by atoms with Crippen LogP contribution >= 0.6 is 0 Å². The molecule has 0 aliphatic carbocycles. The zero-order chi connectivity index (χ0) is 16.9. The Bertz CT molecular complexity index is 741. The van der Waals surface area contributed by atoms with Gasteiger partial charge in [0.25, 0.3) is 5.91 Å². The Hall–Kier alpha value is -2.83. The summed E-state index contributed by atoms with van der Waals surface area (Å²) in [5, 5.41) is 9.72. The summed E-state index contributed by atoms with van der Waals surface area (Å²) in [4.78, 5) is 25.4. The van der Waals surface area contributed by atoms with Gasteiger partial charge in [0.1, 0.15) is 11.4 Å².